The van der Waals surface area contributed by atoms with Crippen molar-refractivity contribution in [2.24, 2.45) is 5.73 Å². The Morgan fingerprint density at radius 2 is 1.96 bits per heavy atom. The summed E-state index contributed by atoms with van der Waals surface area (Å²) in [6, 6.07) is 6.81. The number of amides is 1. The lowest BCUT2D eigenvalue weighted by atomic mass is 9.92. The molecular weight excluding hydrogens is 313 g/mol. The van der Waals surface area contributed by atoms with Crippen LogP contribution in [0.2, 0.25) is 0 Å². The first-order valence-electron chi connectivity index (χ1n) is 7.85. The Labute approximate surface area is 138 Å². The molecule has 1 aliphatic rings. The lowest BCUT2D eigenvalue weighted by Crippen LogP contribution is -2.40. The molecule has 0 spiro atoms. The Morgan fingerprint density at radius 1 is 1.26 bits per heavy atom. The van der Waals surface area contributed by atoms with Crippen molar-refractivity contribution < 1.29 is 9.18 Å². The molecule has 1 saturated carbocycles. The summed E-state index contributed by atoms with van der Waals surface area (Å²) >= 11 is 1.45. The van der Waals surface area contributed by atoms with Crippen molar-refractivity contribution in [3.63, 3.8) is 0 Å². The fourth-order valence-electron chi connectivity index (χ4n) is 2.80. The van der Waals surface area contributed by atoms with Crippen LogP contribution in [0.4, 0.5) is 4.39 Å². The molecule has 6 heteroatoms. The van der Waals surface area contributed by atoms with Crippen LogP contribution in [0.1, 0.15) is 46.7 Å². The van der Waals surface area contributed by atoms with Gasteiger partial charge in [0, 0.05) is 23.9 Å². The van der Waals surface area contributed by atoms with E-state index in [1.807, 2.05) is 0 Å². The van der Waals surface area contributed by atoms with Crippen molar-refractivity contribution in [1.82, 2.24) is 10.3 Å². The lowest BCUT2D eigenvalue weighted by Gasteiger charge is -2.26. The van der Waals surface area contributed by atoms with E-state index < -0.39 is 0 Å². The van der Waals surface area contributed by atoms with Crippen molar-refractivity contribution in [3.05, 3.63) is 51.7 Å². The molecule has 1 amide bonds. The molecule has 0 atom stereocenters. The van der Waals surface area contributed by atoms with Gasteiger partial charge in [0.05, 0.1) is 5.01 Å². The standard InChI is InChI=1S/C17H20FN3OS/c18-12-3-1-11(2-4-12)9-16-21-15(10-23-16)17(22)20-14-7-5-13(19)6-8-14/h1-4,10,13-14H,5-9,19H2,(H,20,22). The third-order valence-corrected chi connectivity index (χ3v) is 5.01. The molecule has 0 aliphatic heterocycles. The van der Waals surface area contributed by atoms with Crippen LogP contribution in [0.3, 0.4) is 0 Å². The van der Waals surface area contributed by atoms with Crippen molar-refractivity contribution in [1.29, 1.82) is 0 Å². The summed E-state index contributed by atoms with van der Waals surface area (Å²) in [5, 5.41) is 5.68. The molecule has 23 heavy (non-hydrogen) atoms. The van der Waals surface area contributed by atoms with E-state index in [0.29, 0.717) is 12.1 Å². The molecule has 122 valence electrons. The van der Waals surface area contributed by atoms with Gasteiger partial charge in [-0.25, -0.2) is 9.37 Å². The molecule has 1 aromatic carbocycles. The fraction of sp³-hybridized carbons (Fsp3) is 0.412. The van der Waals surface area contributed by atoms with Gasteiger partial charge in [0.25, 0.3) is 5.91 Å². The maximum Gasteiger partial charge on any atom is 0.270 e. The molecule has 0 radical (unpaired) electrons. The zero-order valence-corrected chi connectivity index (χ0v) is 13.6. The Balaban J connectivity index is 1.57. The van der Waals surface area contributed by atoms with Crippen LogP contribution >= 0.6 is 11.3 Å². The molecule has 1 aromatic heterocycles. The van der Waals surface area contributed by atoms with Gasteiger partial charge in [0.2, 0.25) is 0 Å². The molecule has 1 aliphatic carbocycles. The van der Waals surface area contributed by atoms with Crippen LogP contribution in [0, 0.1) is 5.82 Å². The number of nitrogens with zero attached hydrogens (tertiary/aromatic N) is 1. The third kappa shape index (κ3) is 4.36. The maximum atomic E-state index is 12.9. The van der Waals surface area contributed by atoms with Gasteiger partial charge in [0.15, 0.2) is 0 Å². The quantitative estimate of drug-likeness (QED) is 0.904. The summed E-state index contributed by atoms with van der Waals surface area (Å²) in [5.74, 6) is -0.368. The highest BCUT2D eigenvalue weighted by molar-refractivity contribution is 7.09. The normalized spacial score (nSPS) is 21.1. The largest absolute Gasteiger partial charge is 0.348 e. The number of benzene rings is 1. The van der Waals surface area contributed by atoms with Crippen LogP contribution in [0.25, 0.3) is 0 Å². The van der Waals surface area contributed by atoms with Crippen molar-refractivity contribution in [2.45, 2.75) is 44.2 Å². The van der Waals surface area contributed by atoms with Crippen molar-refractivity contribution >= 4 is 17.2 Å². The van der Waals surface area contributed by atoms with E-state index in [0.717, 1.165) is 36.3 Å². The molecule has 3 rings (SSSR count). The van der Waals surface area contributed by atoms with E-state index in [2.05, 4.69) is 10.3 Å². The fourth-order valence-corrected chi connectivity index (χ4v) is 3.60. The highest BCUT2D eigenvalue weighted by atomic mass is 32.1. The highest BCUT2D eigenvalue weighted by Gasteiger charge is 2.21. The van der Waals surface area contributed by atoms with Gasteiger partial charge in [-0.15, -0.1) is 11.3 Å². The Hall–Kier alpha value is -1.79. The van der Waals surface area contributed by atoms with Gasteiger partial charge in [-0.05, 0) is 43.4 Å². The first-order chi connectivity index (χ1) is 11.1. The average Bonchev–Trinajstić information content (AvgIpc) is 3.00. The number of carbonyl (C=O) groups excluding carboxylic acids is 1. The second-order valence-corrected chi connectivity index (χ2v) is 6.96. The van der Waals surface area contributed by atoms with Gasteiger partial charge in [-0.3, -0.25) is 4.79 Å². The molecule has 1 fully saturated rings. The Morgan fingerprint density at radius 3 is 2.65 bits per heavy atom. The van der Waals surface area contributed by atoms with E-state index in [1.54, 1.807) is 17.5 Å². The Kier molecular flexibility index (Phi) is 5.03. The average molecular weight is 333 g/mol. The van der Waals surface area contributed by atoms with Gasteiger partial charge < -0.3 is 11.1 Å². The van der Waals surface area contributed by atoms with Crippen LogP contribution in [-0.2, 0) is 6.42 Å². The zero-order valence-electron chi connectivity index (χ0n) is 12.8. The summed E-state index contributed by atoms with van der Waals surface area (Å²) < 4.78 is 12.9. The van der Waals surface area contributed by atoms with Crippen LogP contribution < -0.4 is 11.1 Å². The topological polar surface area (TPSA) is 68.0 Å². The minimum Gasteiger partial charge on any atom is -0.348 e. The molecule has 0 saturated heterocycles. The highest BCUT2D eigenvalue weighted by Crippen LogP contribution is 2.19. The molecule has 4 nitrogen and oxygen atoms in total. The van der Waals surface area contributed by atoms with Crippen molar-refractivity contribution in [2.75, 3.05) is 0 Å². The summed E-state index contributed by atoms with van der Waals surface area (Å²) in [4.78, 5) is 16.7. The lowest BCUT2D eigenvalue weighted by molar-refractivity contribution is 0.0921. The number of nitrogens with two attached hydrogens (primary N) is 1. The SMILES string of the molecule is NC1CCC(NC(=O)c2csc(Cc3ccc(F)cc3)n2)CC1. The molecule has 1 heterocycles. The van der Waals surface area contributed by atoms with Gasteiger partial charge in [0.1, 0.15) is 11.5 Å². The minimum absolute atomic E-state index is 0.118. The van der Waals surface area contributed by atoms with E-state index in [-0.39, 0.29) is 23.8 Å². The Bertz CT molecular complexity index is 663. The third-order valence-electron chi connectivity index (χ3n) is 4.16. The first kappa shape index (κ1) is 16.1. The summed E-state index contributed by atoms with van der Waals surface area (Å²) in [6.45, 7) is 0. The zero-order chi connectivity index (χ0) is 16.2. The molecule has 2 aromatic rings. The van der Waals surface area contributed by atoms with Crippen LogP contribution in [0.15, 0.2) is 29.6 Å². The summed E-state index contributed by atoms with van der Waals surface area (Å²) in [7, 11) is 0. The van der Waals surface area contributed by atoms with Gasteiger partial charge in [-0.2, -0.15) is 0 Å². The van der Waals surface area contributed by atoms with Crippen LogP contribution in [0.5, 0.6) is 0 Å². The second kappa shape index (κ2) is 7.19. The van der Waals surface area contributed by atoms with E-state index >= 15 is 0 Å². The summed E-state index contributed by atoms with van der Waals surface area (Å²) in [6.07, 6.45) is 4.38. The van der Waals surface area contributed by atoms with E-state index in [1.165, 1.54) is 23.5 Å². The van der Waals surface area contributed by atoms with Crippen LogP contribution in [-0.4, -0.2) is 23.0 Å². The number of thiazole rings is 1. The summed E-state index contributed by atoms with van der Waals surface area (Å²) in [5.41, 5.74) is 7.32. The smallest absolute Gasteiger partial charge is 0.270 e. The number of aromatic nitrogens is 1. The van der Waals surface area contributed by atoms with Gasteiger partial charge in [-0.1, -0.05) is 12.1 Å². The molecule has 0 bridgehead atoms. The number of hydrogen-bond donors (Lipinski definition) is 2. The monoisotopic (exact) mass is 333 g/mol. The van der Waals surface area contributed by atoms with E-state index in [4.69, 9.17) is 5.73 Å². The number of hydrogen-bond acceptors (Lipinski definition) is 4. The predicted molar refractivity (Wildman–Crippen MR) is 89.0 cm³/mol. The second-order valence-electron chi connectivity index (χ2n) is 6.01. The first-order valence-corrected chi connectivity index (χ1v) is 8.73. The number of nitrogens with one attached hydrogen (secondary N) is 1. The van der Waals surface area contributed by atoms with Gasteiger partial charge >= 0.3 is 0 Å². The molecule has 3 N–H and O–H groups in total. The molecular formula is C17H20FN3OS. The maximum absolute atomic E-state index is 12.9. The number of halogens is 1. The van der Waals surface area contributed by atoms with Crippen molar-refractivity contribution in [3.8, 4) is 0 Å². The molecule has 0 unspecified atom stereocenters. The minimum atomic E-state index is -0.250. The number of rotatable bonds is 4. The number of carbonyl (C=O) groups is 1. The van der Waals surface area contributed by atoms with E-state index in [9.17, 15) is 9.18 Å². The predicted octanol–water partition coefficient (Wildman–Crippen LogP) is 2.87.